The molecule has 2 aromatic carbocycles. The summed E-state index contributed by atoms with van der Waals surface area (Å²) >= 11 is 0. The fourth-order valence-electron chi connectivity index (χ4n) is 4.36. The fourth-order valence-corrected chi connectivity index (χ4v) is 4.36. The largest absolute Gasteiger partial charge is 0.416 e. The molecule has 0 bridgehead atoms. The zero-order valence-corrected chi connectivity index (χ0v) is 20.7. The normalized spacial score (nSPS) is 18.6. The summed E-state index contributed by atoms with van der Waals surface area (Å²) in [6, 6.07) is 4.33. The average Bonchev–Trinajstić information content (AvgIpc) is 3.14. The van der Waals surface area contributed by atoms with Crippen molar-refractivity contribution in [3.8, 4) is 0 Å². The van der Waals surface area contributed by atoms with Crippen molar-refractivity contribution in [2.45, 2.75) is 43.7 Å². The number of piperidine rings is 1. The Kier molecular flexibility index (Phi) is 7.90. The fraction of sp³-hybridized carbons (Fsp3) is 0.269. The Balaban J connectivity index is 1.49. The average molecular weight is 582 g/mol. The first-order valence-corrected chi connectivity index (χ1v) is 12.0. The number of hydrogen-bond donors (Lipinski definition) is 3. The number of amides is 5. The third kappa shape index (κ3) is 6.73. The summed E-state index contributed by atoms with van der Waals surface area (Å²) < 4.78 is 80.6. The summed E-state index contributed by atoms with van der Waals surface area (Å²) in [5.74, 6) is -4.39. The van der Waals surface area contributed by atoms with Crippen molar-refractivity contribution in [3.05, 3.63) is 77.0 Å². The number of carbonyl (C=O) groups is 5. The van der Waals surface area contributed by atoms with Gasteiger partial charge in [-0.3, -0.25) is 34.2 Å². The highest BCUT2D eigenvalue weighted by Gasteiger charge is 2.44. The SMILES string of the molecule is O=C1CCC(N2C(=O)C=C(Nc3cccc(C(NC(=O)Cc4cccc(C(F)(F)F)c4)C(F)(F)F)c3)C2=O)C(=O)N1. The molecule has 0 aromatic heterocycles. The number of nitrogens with zero attached hydrogens (tertiary/aromatic N) is 1. The van der Waals surface area contributed by atoms with Gasteiger partial charge in [0.15, 0.2) is 6.04 Å². The van der Waals surface area contributed by atoms with Crippen LogP contribution in [0.4, 0.5) is 32.0 Å². The molecule has 9 nitrogen and oxygen atoms in total. The summed E-state index contributed by atoms with van der Waals surface area (Å²) in [5, 5.41) is 6.35. The molecule has 1 saturated heterocycles. The lowest BCUT2D eigenvalue weighted by atomic mass is 10.0. The molecule has 1 fully saturated rings. The van der Waals surface area contributed by atoms with Crippen molar-refractivity contribution in [2.75, 3.05) is 5.32 Å². The first-order chi connectivity index (χ1) is 19.1. The highest BCUT2D eigenvalue weighted by atomic mass is 19.4. The molecule has 0 saturated carbocycles. The first kappa shape index (κ1) is 29.3. The summed E-state index contributed by atoms with van der Waals surface area (Å²) in [5.41, 5.74) is -2.08. The summed E-state index contributed by atoms with van der Waals surface area (Å²) in [4.78, 5) is 61.8. The molecule has 2 atom stereocenters. The second-order valence-electron chi connectivity index (χ2n) is 9.21. The molecule has 2 aliphatic heterocycles. The molecule has 2 heterocycles. The lowest BCUT2D eigenvalue weighted by molar-refractivity contribution is -0.163. The smallest absolute Gasteiger partial charge is 0.351 e. The van der Waals surface area contributed by atoms with Gasteiger partial charge < -0.3 is 10.6 Å². The van der Waals surface area contributed by atoms with E-state index in [-0.39, 0.29) is 29.8 Å². The van der Waals surface area contributed by atoms with Gasteiger partial charge in [-0.2, -0.15) is 26.3 Å². The van der Waals surface area contributed by atoms with E-state index >= 15 is 0 Å². The summed E-state index contributed by atoms with van der Waals surface area (Å²) in [7, 11) is 0. The topological polar surface area (TPSA) is 125 Å². The van der Waals surface area contributed by atoms with E-state index in [4.69, 9.17) is 0 Å². The van der Waals surface area contributed by atoms with Gasteiger partial charge in [-0.25, -0.2) is 0 Å². The molecule has 0 aliphatic carbocycles. The van der Waals surface area contributed by atoms with Gasteiger partial charge in [0.2, 0.25) is 17.7 Å². The maximum Gasteiger partial charge on any atom is 0.416 e. The number of anilines is 1. The van der Waals surface area contributed by atoms with Crippen LogP contribution >= 0.6 is 0 Å². The number of alkyl halides is 6. The lowest BCUT2D eigenvalue weighted by Gasteiger charge is -2.28. The second-order valence-corrected chi connectivity index (χ2v) is 9.21. The van der Waals surface area contributed by atoms with Crippen LogP contribution in [0.25, 0.3) is 0 Å². The Morgan fingerprint density at radius 3 is 2.37 bits per heavy atom. The van der Waals surface area contributed by atoms with Gasteiger partial charge >= 0.3 is 12.4 Å². The molecule has 3 N–H and O–H groups in total. The van der Waals surface area contributed by atoms with Crippen LogP contribution in [0.1, 0.15) is 35.6 Å². The maximum atomic E-state index is 13.9. The van der Waals surface area contributed by atoms with Crippen LogP contribution in [0.5, 0.6) is 0 Å². The highest BCUT2D eigenvalue weighted by molar-refractivity contribution is 6.20. The van der Waals surface area contributed by atoms with Crippen molar-refractivity contribution in [1.29, 1.82) is 0 Å². The van der Waals surface area contributed by atoms with Crippen LogP contribution in [0, 0.1) is 0 Å². The summed E-state index contributed by atoms with van der Waals surface area (Å²) in [6.45, 7) is 0. The zero-order chi connectivity index (χ0) is 30.1. The molecular formula is C26H20F6N4O5. The van der Waals surface area contributed by atoms with Gasteiger partial charge in [0.1, 0.15) is 11.7 Å². The number of benzene rings is 2. The van der Waals surface area contributed by atoms with Crippen molar-refractivity contribution in [3.63, 3.8) is 0 Å². The predicted octanol–water partition coefficient (Wildman–Crippen LogP) is 3.14. The van der Waals surface area contributed by atoms with Crippen LogP contribution in [0.2, 0.25) is 0 Å². The zero-order valence-electron chi connectivity index (χ0n) is 20.7. The van der Waals surface area contributed by atoms with Crippen LogP contribution in [0.15, 0.2) is 60.3 Å². The van der Waals surface area contributed by atoms with Crippen molar-refractivity contribution in [2.24, 2.45) is 0 Å². The minimum atomic E-state index is -5.01. The van der Waals surface area contributed by atoms with Gasteiger partial charge in [0, 0.05) is 18.2 Å². The van der Waals surface area contributed by atoms with Gasteiger partial charge in [-0.1, -0.05) is 30.3 Å². The number of nitrogens with one attached hydrogen (secondary N) is 3. The Morgan fingerprint density at radius 1 is 1.00 bits per heavy atom. The Morgan fingerprint density at radius 2 is 1.71 bits per heavy atom. The maximum absolute atomic E-state index is 13.9. The molecular weight excluding hydrogens is 562 g/mol. The Bertz CT molecular complexity index is 1450. The molecule has 2 unspecified atom stereocenters. The standard InChI is InChI=1S/C26H20F6N4O5/c27-25(28,29)15-5-1-3-13(9-15)10-20(38)34-22(26(30,31)32)14-4-2-6-16(11-14)33-17-12-21(39)36(24(17)41)18-7-8-19(37)35-23(18)40/h1-6,9,11-12,18,22,33H,7-8,10H2,(H,34,38)(H,35,37,40). The molecule has 2 aromatic rings. The number of carbonyl (C=O) groups excluding carboxylic acids is 5. The lowest BCUT2D eigenvalue weighted by Crippen LogP contribution is -2.54. The van der Waals surface area contributed by atoms with Gasteiger partial charge in [-0.15, -0.1) is 0 Å². The number of halogens is 6. The second kappa shape index (κ2) is 11.1. The van der Waals surface area contributed by atoms with Gasteiger partial charge in [0.05, 0.1) is 12.0 Å². The van der Waals surface area contributed by atoms with E-state index in [2.05, 4.69) is 5.32 Å². The van der Waals surface area contributed by atoms with Crippen LogP contribution < -0.4 is 16.0 Å². The molecule has 0 radical (unpaired) electrons. The van der Waals surface area contributed by atoms with E-state index in [1.54, 1.807) is 5.32 Å². The molecule has 0 spiro atoms. The van der Waals surface area contributed by atoms with Gasteiger partial charge in [-0.05, 0) is 35.7 Å². The molecule has 41 heavy (non-hydrogen) atoms. The van der Waals surface area contributed by atoms with Crippen LogP contribution in [-0.2, 0) is 36.6 Å². The molecule has 15 heteroatoms. The van der Waals surface area contributed by atoms with Crippen LogP contribution in [0.3, 0.4) is 0 Å². The third-order valence-electron chi connectivity index (χ3n) is 6.23. The van der Waals surface area contributed by atoms with E-state index in [0.29, 0.717) is 11.0 Å². The van der Waals surface area contributed by atoms with Crippen molar-refractivity contribution < 1.29 is 50.3 Å². The first-order valence-electron chi connectivity index (χ1n) is 12.0. The molecule has 2 aliphatic rings. The van der Waals surface area contributed by atoms with Crippen molar-refractivity contribution in [1.82, 2.24) is 15.5 Å². The van der Waals surface area contributed by atoms with Crippen molar-refractivity contribution >= 4 is 35.2 Å². The molecule has 5 amide bonds. The van der Waals surface area contributed by atoms with E-state index in [1.165, 1.54) is 18.2 Å². The number of imide groups is 2. The predicted molar refractivity (Wildman–Crippen MR) is 128 cm³/mol. The molecule has 216 valence electrons. The third-order valence-corrected chi connectivity index (χ3v) is 6.23. The van der Waals surface area contributed by atoms with E-state index in [0.717, 1.165) is 30.3 Å². The van der Waals surface area contributed by atoms with E-state index in [1.807, 2.05) is 5.32 Å². The Hall–Kier alpha value is -4.69. The Labute approximate surface area is 227 Å². The number of hydrogen-bond acceptors (Lipinski definition) is 6. The quantitative estimate of drug-likeness (QED) is 0.341. The minimum Gasteiger partial charge on any atom is -0.351 e. The van der Waals surface area contributed by atoms with Gasteiger partial charge in [0.25, 0.3) is 11.8 Å². The highest BCUT2D eigenvalue weighted by Crippen LogP contribution is 2.35. The monoisotopic (exact) mass is 582 g/mol. The molecule has 4 rings (SSSR count). The van der Waals surface area contributed by atoms with Crippen LogP contribution in [-0.4, -0.2) is 46.7 Å². The minimum absolute atomic E-state index is 0.0681. The summed E-state index contributed by atoms with van der Waals surface area (Å²) in [6.07, 6.45) is -9.80. The van der Waals surface area contributed by atoms with E-state index < -0.39 is 71.5 Å². The van der Waals surface area contributed by atoms with E-state index in [9.17, 15) is 50.3 Å². The number of rotatable bonds is 7.